The summed E-state index contributed by atoms with van der Waals surface area (Å²) in [5.41, 5.74) is 1.13. The van der Waals surface area contributed by atoms with Gasteiger partial charge in [0.05, 0.1) is 0 Å². The Hall–Kier alpha value is -1.23. The fourth-order valence-corrected chi connectivity index (χ4v) is 3.54. The minimum absolute atomic E-state index is 0.484. The Bertz CT molecular complexity index is 581. The lowest BCUT2D eigenvalue weighted by molar-refractivity contribution is 0.225. The Labute approximate surface area is 161 Å². The van der Waals surface area contributed by atoms with Crippen molar-refractivity contribution in [1.82, 2.24) is 15.5 Å². The van der Waals surface area contributed by atoms with Gasteiger partial charge in [-0.1, -0.05) is 35.3 Å². The second-order valence-electron chi connectivity index (χ2n) is 6.35. The lowest BCUT2D eigenvalue weighted by Gasteiger charge is -2.32. The van der Waals surface area contributed by atoms with Crippen LogP contribution in [0, 0.1) is 0 Å². The maximum atomic E-state index is 6.21. The molecule has 2 rings (SSSR count). The van der Waals surface area contributed by atoms with Gasteiger partial charge in [-0.3, -0.25) is 9.89 Å². The third kappa shape index (κ3) is 6.89. The van der Waals surface area contributed by atoms with E-state index in [1.54, 1.807) is 6.07 Å². The van der Waals surface area contributed by atoms with E-state index in [-0.39, 0.29) is 0 Å². The molecule has 1 aliphatic heterocycles. The summed E-state index contributed by atoms with van der Waals surface area (Å²) in [6, 6.07) is 6.16. The highest BCUT2D eigenvalue weighted by molar-refractivity contribution is 6.35. The molecule has 1 saturated heterocycles. The summed E-state index contributed by atoms with van der Waals surface area (Å²) in [6.45, 7) is 7.86. The summed E-state index contributed by atoms with van der Waals surface area (Å²) in [5, 5.41) is 8.34. The number of guanidine groups is 1. The average Bonchev–Trinajstić information content (AvgIpc) is 2.61. The lowest BCUT2D eigenvalue weighted by Crippen LogP contribution is -2.48. The van der Waals surface area contributed by atoms with Gasteiger partial charge in [-0.2, -0.15) is 0 Å². The van der Waals surface area contributed by atoms with E-state index in [0.717, 1.165) is 68.4 Å². The van der Waals surface area contributed by atoms with Gasteiger partial charge in [0.15, 0.2) is 5.96 Å². The van der Waals surface area contributed by atoms with Gasteiger partial charge in [0.2, 0.25) is 0 Å². The zero-order valence-corrected chi connectivity index (χ0v) is 16.4. The highest BCUT2D eigenvalue weighted by Crippen LogP contribution is 2.21. The van der Waals surface area contributed by atoms with Gasteiger partial charge in [-0.25, -0.2) is 0 Å². The van der Waals surface area contributed by atoms with E-state index in [1.165, 1.54) is 0 Å². The Balaban J connectivity index is 1.68. The first kappa shape index (κ1) is 20.1. The zero-order valence-electron chi connectivity index (χ0n) is 14.9. The molecule has 0 radical (unpaired) electrons. The Kier molecular flexibility index (Phi) is 8.59. The van der Waals surface area contributed by atoms with Crippen molar-refractivity contribution in [3.8, 4) is 0 Å². The summed E-state index contributed by atoms with van der Waals surface area (Å²) in [4.78, 5) is 6.76. The number of nitrogens with zero attached hydrogens (tertiary/aromatic N) is 2. The summed E-state index contributed by atoms with van der Waals surface area (Å²) in [7, 11) is 1.82. The smallest absolute Gasteiger partial charge is 0.191 e. The van der Waals surface area contributed by atoms with Crippen LogP contribution in [0.1, 0.15) is 24.8 Å². The van der Waals surface area contributed by atoms with Gasteiger partial charge in [-0.15, -0.1) is 6.58 Å². The van der Waals surface area contributed by atoms with Gasteiger partial charge >= 0.3 is 0 Å². The number of aliphatic imine (C=N–C) groups is 1. The molecule has 25 heavy (non-hydrogen) atoms. The largest absolute Gasteiger partial charge is 0.356 e. The number of nitrogens with one attached hydrogen (secondary N) is 2. The normalized spacial score (nSPS) is 16.7. The third-order valence-corrected chi connectivity index (χ3v) is 5.06. The van der Waals surface area contributed by atoms with Crippen molar-refractivity contribution in [2.75, 3.05) is 33.2 Å². The van der Waals surface area contributed by atoms with Crippen molar-refractivity contribution in [3.05, 3.63) is 46.5 Å². The fraction of sp³-hybridized carbons (Fsp3) is 0.526. The van der Waals surface area contributed by atoms with Crippen molar-refractivity contribution in [2.45, 2.75) is 31.7 Å². The molecular formula is C19H28Cl2N4. The van der Waals surface area contributed by atoms with E-state index in [9.17, 15) is 0 Å². The quantitative estimate of drug-likeness (QED) is 0.326. The van der Waals surface area contributed by atoms with Crippen LogP contribution in [0.3, 0.4) is 0 Å². The van der Waals surface area contributed by atoms with Crippen LogP contribution in [0.15, 0.2) is 35.8 Å². The van der Waals surface area contributed by atoms with Crippen LogP contribution < -0.4 is 10.6 Å². The molecule has 1 aliphatic rings. The molecule has 1 heterocycles. The maximum absolute atomic E-state index is 6.21. The molecule has 0 saturated carbocycles. The summed E-state index contributed by atoms with van der Waals surface area (Å²) >= 11 is 12.1. The topological polar surface area (TPSA) is 39.7 Å². The number of piperidine rings is 1. The SMILES string of the molecule is C=CCN1CCC(NC(=NC)NCCCc2ccc(Cl)cc2Cl)CC1. The highest BCUT2D eigenvalue weighted by Gasteiger charge is 2.18. The average molecular weight is 383 g/mol. The monoisotopic (exact) mass is 382 g/mol. The molecular weight excluding hydrogens is 355 g/mol. The van der Waals surface area contributed by atoms with Gasteiger partial charge in [0.1, 0.15) is 0 Å². The number of halogens is 2. The van der Waals surface area contributed by atoms with Crippen molar-refractivity contribution >= 4 is 29.2 Å². The fourth-order valence-electron chi connectivity index (χ4n) is 3.04. The highest BCUT2D eigenvalue weighted by atomic mass is 35.5. The predicted octanol–water partition coefficient (Wildman–Crippen LogP) is 3.74. The third-order valence-electron chi connectivity index (χ3n) is 4.47. The molecule has 1 aromatic rings. The Morgan fingerprint density at radius 1 is 1.36 bits per heavy atom. The standard InChI is InChI=1S/C19H28Cl2N4/c1-3-11-25-12-8-17(9-13-25)24-19(22-2)23-10-4-5-15-6-7-16(20)14-18(15)21/h3,6-7,14,17H,1,4-5,8-13H2,2H3,(H2,22,23,24). The Morgan fingerprint density at radius 2 is 2.12 bits per heavy atom. The minimum Gasteiger partial charge on any atom is -0.356 e. The lowest BCUT2D eigenvalue weighted by atomic mass is 10.1. The van der Waals surface area contributed by atoms with Crippen LogP contribution in [-0.2, 0) is 6.42 Å². The first-order valence-corrected chi connectivity index (χ1v) is 9.62. The molecule has 4 nitrogen and oxygen atoms in total. The van der Waals surface area contributed by atoms with E-state index in [0.29, 0.717) is 11.1 Å². The van der Waals surface area contributed by atoms with E-state index >= 15 is 0 Å². The summed E-state index contributed by atoms with van der Waals surface area (Å²) in [5.74, 6) is 0.879. The molecule has 1 fully saturated rings. The van der Waals surface area contributed by atoms with E-state index in [2.05, 4.69) is 27.1 Å². The molecule has 1 aromatic carbocycles. The van der Waals surface area contributed by atoms with Gasteiger partial charge in [-0.05, 0) is 43.4 Å². The predicted molar refractivity (Wildman–Crippen MR) is 109 cm³/mol. The number of aryl methyl sites for hydroxylation is 1. The summed E-state index contributed by atoms with van der Waals surface area (Å²) < 4.78 is 0. The van der Waals surface area contributed by atoms with E-state index in [4.69, 9.17) is 23.2 Å². The molecule has 0 atom stereocenters. The van der Waals surface area contributed by atoms with Crippen LogP contribution in [-0.4, -0.2) is 50.1 Å². The number of hydrogen-bond acceptors (Lipinski definition) is 2. The van der Waals surface area contributed by atoms with E-state index in [1.807, 2.05) is 25.3 Å². The minimum atomic E-state index is 0.484. The number of benzene rings is 1. The molecule has 6 heteroatoms. The molecule has 0 spiro atoms. The van der Waals surface area contributed by atoms with Crippen LogP contribution in [0.25, 0.3) is 0 Å². The first-order valence-electron chi connectivity index (χ1n) is 8.86. The van der Waals surface area contributed by atoms with Crippen LogP contribution >= 0.6 is 23.2 Å². The Morgan fingerprint density at radius 3 is 2.76 bits per heavy atom. The van der Waals surface area contributed by atoms with Crippen LogP contribution in [0.2, 0.25) is 10.0 Å². The molecule has 0 amide bonds. The van der Waals surface area contributed by atoms with Crippen molar-refractivity contribution in [2.24, 2.45) is 4.99 Å². The van der Waals surface area contributed by atoms with Crippen molar-refractivity contribution in [1.29, 1.82) is 0 Å². The zero-order chi connectivity index (χ0) is 18.1. The number of rotatable bonds is 7. The molecule has 0 aromatic heterocycles. The summed E-state index contributed by atoms with van der Waals surface area (Å²) in [6.07, 6.45) is 6.14. The van der Waals surface area contributed by atoms with Crippen molar-refractivity contribution in [3.63, 3.8) is 0 Å². The molecule has 0 unspecified atom stereocenters. The molecule has 2 N–H and O–H groups in total. The molecule has 138 valence electrons. The second kappa shape index (κ2) is 10.7. The van der Waals surface area contributed by atoms with Crippen LogP contribution in [0.5, 0.6) is 0 Å². The molecule has 0 aliphatic carbocycles. The molecule has 0 bridgehead atoms. The van der Waals surface area contributed by atoms with Gasteiger partial charge < -0.3 is 10.6 Å². The van der Waals surface area contributed by atoms with Gasteiger partial charge in [0.25, 0.3) is 0 Å². The van der Waals surface area contributed by atoms with Crippen molar-refractivity contribution < 1.29 is 0 Å². The number of likely N-dealkylation sites (tertiary alicyclic amines) is 1. The van der Waals surface area contributed by atoms with E-state index < -0.39 is 0 Å². The second-order valence-corrected chi connectivity index (χ2v) is 7.19. The van der Waals surface area contributed by atoms with Crippen LogP contribution in [0.4, 0.5) is 0 Å². The maximum Gasteiger partial charge on any atom is 0.191 e. The first-order chi connectivity index (χ1) is 12.1. The van der Waals surface area contributed by atoms with Gasteiger partial charge in [0, 0.05) is 49.3 Å². The number of hydrogen-bond donors (Lipinski definition) is 2.